The monoisotopic (exact) mass is 522 g/mol. The molecule has 1 heterocycles. The topological polar surface area (TPSA) is 69.6 Å². The summed E-state index contributed by atoms with van der Waals surface area (Å²) >= 11 is 1.38. The maximum Gasteiger partial charge on any atom is 0.416 e. The third-order valence-electron chi connectivity index (χ3n) is 5.95. The Morgan fingerprint density at radius 3 is 2.26 bits per heavy atom. The van der Waals surface area contributed by atoms with Gasteiger partial charge in [0.05, 0.1) is 16.1 Å². The van der Waals surface area contributed by atoms with Crippen LogP contribution in [-0.4, -0.2) is 39.1 Å². The van der Waals surface area contributed by atoms with Crippen LogP contribution in [0.1, 0.15) is 16.7 Å². The molecule has 2 N–H and O–H groups in total. The maximum absolute atomic E-state index is 13.1. The quantitative estimate of drug-likeness (QED) is 0.413. The lowest BCUT2D eigenvalue weighted by atomic mass is 9.98. The first-order chi connectivity index (χ1) is 16.4. The zero-order chi connectivity index (χ0) is 25.4. The molecule has 1 fully saturated rings. The molecule has 0 bridgehead atoms. The molecule has 3 aromatic carbocycles. The summed E-state index contributed by atoms with van der Waals surface area (Å²) in [5.41, 5.74) is 3.01. The molecular weight excluding hydrogens is 497 g/mol. The van der Waals surface area contributed by atoms with Crippen molar-refractivity contribution in [1.29, 1.82) is 0 Å². The van der Waals surface area contributed by atoms with Crippen molar-refractivity contribution in [2.45, 2.75) is 34.7 Å². The molecule has 0 aromatic heterocycles. The van der Waals surface area contributed by atoms with Crippen molar-refractivity contribution in [3.63, 3.8) is 0 Å². The van der Waals surface area contributed by atoms with E-state index in [4.69, 9.17) is 0 Å². The Morgan fingerprint density at radius 2 is 1.63 bits per heavy atom. The van der Waals surface area contributed by atoms with E-state index in [1.54, 1.807) is 13.0 Å². The summed E-state index contributed by atoms with van der Waals surface area (Å²) in [4.78, 5) is 3.56. The van der Waals surface area contributed by atoms with Crippen LogP contribution in [0.3, 0.4) is 0 Å². The predicted octanol–water partition coefficient (Wildman–Crippen LogP) is 5.80. The third-order valence-corrected chi connectivity index (χ3v) is 8.03. The number of benzene rings is 3. The maximum atomic E-state index is 13.1. The van der Waals surface area contributed by atoms with Gasteiger partial charge in [-0.25, -0.2) is 0 Å². The number of alkyl halides is 3. The first kappa shape index (κ1) is 25.6. The first-order valence-corrected chi connectivity index (χ1v) is 13.2. The Morgan fingerprint density at radius 1 is 0.914 bits per heavy atom. The summed E-state index contributed by atoms with van der Waals surface area (Å²) in [6.07, 6.45) is -4.41. The Balaban J connectivity index is 1.85. The predicted molar refractivity (Wildman–Crippen MR) is 132 cm³/mol. The number of anilines is 1. The Kier molecular flexibility index (Phi) is 7.19. The van der Waals surface area contributed by atoms with Gasteiger partial charge in [-0.05, 0) is 66.9 Å². The number of hydrogen-bond acceptors (Lipinski definition) is 5. The number of rotatable bonds is 5. The fraction of sp³-hybridized carbons (Fsp3) is 0.280. The molecule has 0 aliphatic carbocycles. The molecule has 5 nitrogen and oxygen atoms in total. The largest absolute Gasteiger partial charge is 0.416 e. The third kappa shape index (κ3) is 5.66. The molecule has 186 valence electrons. The Hall–Kier alpha value is -2.53. The van der Waals surface area contributed by atoms with Gasteiger partial charge in [0, 0.05) is 41.5 Å². The van der Waals surface area contributed by atoms with E-state index in [1.807, 2.05) is 25.1 Å². The van der Waals surface area contributed by atoms with Crippen LogP contribution in [0.15, 0.2) is 69.3 Å². The number of piperazine rings is 1. The first-order valence-electron chi connectivity index (χ1n) is 11.0. The van der Waals surface area contributed by atoms with Gasteiger partial charge < -0.3 is 10.2 Å². The molecule has 0 amide bonds. The molecule has 0 saturated carbocycles. The molecule has 0 radical (unpaired) electrons. The molecular formula is C25H25F3N2O3S2. The molecule has 1 aliphatic heterocycles. The highest BCUT2D eigenvalue weighted by atomic mass is 32.2. The number of hydrogen-bond donors (Lipinski definition) is 2. The summed E-state index contributed by atoms with van der Waals surface area (Å²) < 4.78 is 72.7. The van der Waals surface area contributed by atoms with Crippen LogP contribution in [0.5, 0.6) is 0 Å². The normalized spacial score (nSPS) is 14.9. The number of nitrogens with one attached hydrogen (secondary N) is 1. The Labute approximate surface area is 207 Å². The van der Waals surface area contributed by atoms with Crippen LogP contribution < -0.4 is 10.2 Å². The van der Waals surface area contributed by atoms with Crippen LogP contribution in [0.25, 0.3) is 11.1 Å². The van der Waals surface area contributed by atoms with E-state index in [9.17, 15) is 26.1 Å². The van der Waals surface area contributed by atoms with Crippen molar-refractivity contribution in [3.05, 3.63) is 71.3 Å². The van der Waals surface area contributed by atoms with Gasteiger partial charge in [0.15, 0.2) is 0 Å². The van der Waals surface area contributed by atoms with Crippen molar-refractivity contribution in [2.75, 3.05) is 31.1 Å². The zero-order valence-corrected chi connectivity index (χ0v) is 20.8. The molecule has 3 aromatic rings. The van der Waals surface area contributed by atoms with E-state index in [1.165, 1.54) is 30.0 Å². The number of nitrogens with zero attached hydrogens (tertiary/aromatic N) is 1. The van der Waals surface area contributed by atoms with Crippen LogP contribution >= 0.6 is 11.8 Å². The van der Waals surface area contributed by atoms with Gasteiger partial charge in [0.1, 0.15) is 0 Å². The second-order valence-electron chi connectivity index (χ2n) is 8.42. The van der Waals surface area contributed by atoms with Crippen molar-refractivity contribution in [3.8, 4) is 11.1 Å². The van der Waals surface area contributed by atoms with Crippen LogP contribution in [-0.2, 0) is 16.3 Å². The highest BCUT2D eigenvalue weighted by Gasteiger charge is 2.31. The molecule has 1 aliphatic rings. The summed E-state index contributed by atoms with van der Waals surface area (Å²) in [6, 6.07) is 13.9. The van der Waals surface area contributed by atoms with Gasteiger partial charge in [-0.2, -0.15) is 21.6 Å². The average Bonchev–Trinajstić information content (AvgIpc) is 2.79. The van der Waals surface area contributed by atoms with Crippen LogP contribution in [0, 0.1) is 13.8 Å². The highest BCUT2D eigenvalue weighted by Crippen LogP contribution is 2.44. The fourth-order valence-corrected chi connectivity index (χ4v) is 5.73. The van der Waals surface area contributed by atoms with Gasteiger partial charge in [0.2, 0.25) is 0 Å². The standard InChI is InChI=1S/C25H25F3N2O3S2/c1-16-6-8-19(35(31,32)33)15-21(16)20-4-3-5-23(24(20)30-12-10-29-11-13-30)34-22-9-7-18(14-17(22)2)25(26,27)28/h3-9,14-15,29H,10-13H2,1-2H3,(H,31,32,33). The second kappa shape index (κ2) is 9.85. The van der Waals surface area contributed by atoms with E-state index >= 15 is 0 Å². The van der Waals surface area contributed by atoms with Gasteiger partial charge in [0.25, 0.3) is 10.1 Å². The fourth-order valence-electron chi connectivity index (χ4n) is 4.15. The smallest absolute Gasteiger partial charge is 0.368 e. The molecule has 0 spiro atoms. The molecule has 10 heteroatoms. The molecule has 0 atom stereocenters. The molecule has 0 unspecified atom stereocenters. The van der Waals surface area contributed by atoms with Crippen molar-refractivity contribution >= 4 is 27.6 Å². The van der Waals surface area contributed by atoms with E-state index in [2.05, 4.69) is 10.2 Å². The number of aryl methyl sites for hydroxylation is 2. The van der Waals surface area contributed by atoms with E-state index in [0.717, 1.165) is 46.9 Å². The van der Waals surface area contributed by atoms with E-state index in [0.29, 0.717) is 29.1 Å². The van der Waals surface area contributed by atoms with Crippen molar-refractivity contribution in [2.24, 2.45) is 0 Å². The summed E-state index contributed by atoms with van der Waals surface area (Å²) in [7, 11) is -4.39. The van der Waals surface area contributed by atoms with Gasteiger partial charge >= 0.3 is 6.18 Å². The van der Waals surface area contributed by atoms with Gasteiger partial charge in [-0.15, -0.1) is 0 Å². The van der Waals surface area contributed by atoms with Crippen molar-refractivity contribution < 1.29 is 26.1 Å². The molecule has 1 saturated heterocycles. The summed E-state index contributed by atoms with van der Waals surface area (Å²) in [5, 5.41) is 3.32. The zero-order valence-electron chi connectivity index (χ0n) is 19.2. The summed E-state index contributed by atoms with van der Waals surface area (Å²) in [6.45, 7) is 6.49. The number of para-hydroxylation sites is 1. The Bertz CT molecular complexity index is 1350. The highest BCUT2D eigenvalue weighted by molar-refractivity contribution is 7.99. The average molecular weight is 523 g/mol. The van der Waals surface area contributed by atoms with E-state index in [-0.39, 0.29) is 4.90 Å². The number of halogens is 3. The lowest BCUT2D eigenvalue weighted by molar-refractivity contribution is -0.137. The lowest BCUT2D eigenvalue weighted by Gasteiger charge is -2.33. The minimum Gasteiger partial charge on any atom is -0.368 e. The molecule has 35 heavy (non-hydrogen) atoms. The van der Waals surface area contributed by atoms with Crippen molar-refractivity contribution in [1.82, 2.24) is 5.32 Å². The lowest BCUT2D eigenvalue weighted by Crippen LogP contribution is -2.44. The SMILES string of the molecule is Cc1cc(C(F)(F)F)ccc1Sc1cccc(-c2cc(S(=O)(=O)O)ccc2C)c1N1CCNCC1. The van der Waals surface area contributed by atoms with Crippen LogP contribution in [0.2, 0.25) is 0 Å². The second-order valence-corrected chi connectivity index (χ2v) is 10.9. The van der Waals surface area contributed by atoms with Gasteiger partial charge in [-0.3, -0.25) is 4.55 Å². The van der Waals surface area contributed by atoms with Crippen LogP contribution in [0.4, 0.5) is 18.9 Å². The minimum atomic E-state index is -4.41. The van der Waals surface area contributed by atoms with E-state index < -0.39 is 21.9 Å². The minimum absolute atomic E-state index is 0.194. The summed E-state index contributed by atoms with van der Waals surface area (Å²) in [5.74, 6) is 0. The van der Waals surface area contributed by atoms with Gasteiger partial charge in [-0.1, -0.05) is 30.0 Å². The molecule has 4 rings (SSSR count).